The predicted octanol–water partition coefficient (Wildman–Crippen LogP) is 1.92. The van der Waals surface area contributed by atoms with Gasteiger partial charge < -0.3 is 10.2 Å². The maximum atomic E-state index is 11.5. The zero-order chi connectivity index (χ0) is 13.9. The van der Waals surface area contributed by atoms with E-state index in [1.807, 2.05) is 17.0 Å². The van der Waals surface area contributed by atoms with Crippen molar-refractivity contribution in [2.45, 2.75) is 19.3 Å². The van der Waals surface area contributed by atoms with E-state index in [1.54, 1.807) is 10.7 Å². The molecule has 20 heavy (non-hydrogen) atoms. The van der Waals surface area contributed by atoms with Crippen molar-refractivity contribution in [2.75, 3.05) is 25.0 Å². The Hall–Kier alpha value is -1.63. The molecule has 1 aliphatic heterocycles. The van der Waals surface area contributed by atoms with Gasteiger partial charge in [0.25, 0.3) is 0 Å². The summed E-state index contributed by atoms with van der Waals surface area (Å²) >= 11 is 3.40. The number of nitrogens with one attached hydrogen (secondary N) is 1. The Labute approximate surface area is 125 Å². The van der Waals surface area contributed by atoms with Crippen LogP contribution in [-0.4, -0.2) is 45.0 Å². The Balaban J connectivity index is 1.52. The number of hydrogen-bond donors (Lipinski definition) is 1. The first-order valence-corrected chi connectivity index (χ1v) is 7.55. The molecule has 6 nitrogen and oxygen atoms in total. The number of halogens is 1. The number of amides is 1. The number of anilines is 1. The minimum absolute atomic E-state index is 0.284. The van der Waals surface area contributed by atoms with Gasteiger partial charge in [-0.1, -0.05) is 0 Å². The number of fused-ring (bicyclic) bond motifs is 1. The monoisotopic (exact) mass is 337 g/mol. The first-order chi connectivity index (χ1) is 9.74. The predicted molar refractivity (Wildman–Crippen MR) is 79.6 cm³/mol. The number of nitrogens with zero attached hydrogens (tertiary/aromatic N) is 4. The molecule has 2 aromatic heterocycles. The van der Waals surface area contributed by atoms with Crippen LogP contribution in [-0.2, 0) is 4.79 Å². The Kier molecular flexibility index (Phi) is 3.86. The van der Waals surface area contributed by atoms with E-state index in [0.29, 0.717) is 6.42 Å². The molecule has 3 rings (SSSR count). The molecule has 7 heteroatoms. The smallest absolute Gasteiger partial charge is 0.222 e. The summed E-state index contributed by atoms with van der Waals surface area (Å²) in [5.74, 6) is 1.09. The second kappa shape index (κ2) is 5.78. The van der Waals surface area contributed by atoms with Crippen LogP contribution in [0.15, 0.2) is 22.9 Å². The van der Waals surface area contributed by atoms with E-state index in [-0.39, 0.29) is 5.91 Å². The molecule has 3 heterocycles. The zero-order valence-corrected chi connectivity index (χ0v) is 12.6. The highest BCUT2D eigenvalue weighted by atomic mass is 79.9. The van der Waals surface area contributed by atoms with Crippen LogP contribution in [0, 0.1) is 0 Å². The summed E-state index contributed by atoms with van der Waals surface area (Å²) in [7, 11) is 0. The van der Waals surface area contributed by atoms with Gasteiger partial charge in [-0.05, 0) is 40.9 Å². The standard InChI is InChI=1S/C13H16BrN5O/c14-10-9-16-12-5-4-11(17-19(10)12)15-6-2-8-18-7-1-3-13(18)20/h4-5,9H,1-3,6-8H2,(H,15,17). The third-order valence-corrected chi connectivity index (χ3v) is 3.94. The van der Waals surface area contributed by atoms with E-state index in [2.05, 4.69) is 31.3 Å². The topological polar surface area (TPSA) is 62.5 Å². The van der Waals surface area contributed by atoms with Gasteiger partial charge in [0.05, 0.1) is 6.20 Å². The average Bonchev–Trinajstić information content (AvgIpc) is 3.02. The van der Waals surface area contributed by atoms with Gasteiger partial charge in [0.15, 0.2) is 5.65 Å². The lowest BCUT2D eigenvalue weighted by molar-refractivity contribution is -0.127. The van der Waals surface area contributed by atoms with Crippen LogP contribution >= 0.6 is 15.9 Å². The number of likely N-dealkylation sites (tertiary alicyclic amines) is 1. The van der Waals surface area contributed by atoms with Gasteiger partial charge >= 0.3 is 0 Å². The van der Waals surface area contributed by atoms with Gasteiger partial charge in [-0.2, -0.15) is 0 Å². The van der Waals surface area contributed by atoms with E-state index < -0.39 is 0 Å². The van der Waals surface area contributed by atoms with Crippen molar-refractivity contribution in [2.24, 2.45) is 0 Å². The van der Waals surface area contributed by atoms with Gasteiger partial charge in [-0.25, -0.2) is 9.50 Å². The van der Waals surface area contributed by atoms with E-state index in [4.69, 9.17) is 0 Å². The SMILES string of the molecule is O=C1CCCN1CCCNc1ccc2ncc(Br)n2n1. The highest BCUT2D eigenvalue weighted by molar-refractivity contribution is 9.10. The Morgan fingerprint density at radius 2 is 2.30 bits per heavy atom. The fourth-order valence-corrected chi connectivity index (χ4v) is 2.73. The fourth-order valence-electron chi connectivity index (χ4n) is 2.37. The molecule has 0 aliphatic carbocycles. The number of carbonyl (C=O) groups excluding carboxylic acids is 1. The van der Waals surface area contributed by atoms with Crippen LogP contribution in [0.3, 0.4) is 0 Å². The zero-order valence-electron chi connectivity index (χ0n) is 11.0. The van der Waals surface area contributed by atoms with Crippen molar-refractivity contribution >= 4 is 33.3 Å². The molecule has 1 saturated heterocycles. The molecule has 1 aliphatic rings. The third-order valence-electron chi connectivity index (χ3n) is 3.40. The summed E-state index contributed by atoms with van der Waals surface area (Å²) < 4.78 is 2.57. The molecular weight excluding hydrogens is 322 g/mol. The number of aromatic nitrogens is 3. The highest BCUT2D eigenvalue weighted by Crippen LogP contribution is 2.14. The van der Waals surface area contributed by atoms with Crippen molar-refractivity contribution in [1.29, 1.82) is 0 Å². The Morgan fingerprint density at radius 1 is 1.40 bits per heavy atom. The van der Waals surface area contributed by atoms with Crippen LogP contribution in [0.4, 0.5) is 5.82 Å². The van der Waals surface area contributed by atoms with Crippen LogP contribution in [0.25, 0.3) is 5.65 Å². The summed E-state index contributed by atoms with van der Waals surface area (Å²) in [4.78, 5) is 17.6. The summed E-state index contributed by atoms with van der Waals surface area (Å²) in [6.07, 6.45) is 4.36. The molecule has 0 saturated carbocycles. The molecule has 0 spiro atoms. The summed E-state index contributed by atoms with van der Waals surface area (Å²) in [5, 5.41) is 7.71. The van der Waals surface area contributed by atoms with Crippen LogP contribution in [0.5, 0.6) is 0 Å². The normalized spacial score (nSPS) is 15.2. The lowest BCUT2D eigenvalue weighted by Crippen LogP contribution is -2.27. The maximum Gasteiger partial charge on any atom is 0.222 e. The molecule has 0 aromatic carbocycles. The van der Waals surface area contributed by atoms with Crippen molar-refractivity contribution in [3.8, 4) is 0 Å². The van der Waals surface area contributed by atoms with Crippen molar-refractivity contribution in [3.05, 3.63) is 22.9 Å². The Bertz CT molecular complexity index is 626. The van der Waals surface area contributed by atoms with Crippen molar-refractivity contribution < 1.29 is 4.79 Å². The first-order valence-electron chi connectivity index (χ1n) is 6.76. The minimum atomic E-state index is 0.284. The fraction of sp³-hybridized carbons (Fsp3) is 0.462. The molecule has 1 fully saturated rings. The maximum absolute atomic E-state index is 11.5. The quantitative estimate of drug-likeness (QED) is 0.846. The van der Waals surface area contributed by atoms with Gasteiger partial charge in [0.1, 0.15) is 10.4 Å². The lowest BCUT2D eigenvalue weighted by Gasteiger charge is -2.15. The van der Waals surface area contributed by atoms with Crippen molar-refractivity contribution in [3.63, 3.8) is 0 Å². The molecule has 1 amide bonds. The second-order valence-corrected chi connectivity index (χ2v) is 5.65. The Morgan fingerprint density at radius 3 is 3.10 bits per heavy atom. The van der Waals surface area contributed by atoms with Gasteiger partial charge in [0.2, 0.25) is 5.91 Å². The largest absolute Gasteiger partial charge is 0.369 e. The molecule has 1 N–H and O–H groups in total. The molecular formula is C13H16BrN5O. The minimum Gasteiger partial charge on any atom is -0.369 e. The summed E-state index contributed by atoms with van der Waals surface area (Å²) in [6.45, 7) is 2.53. The number of rotatable bonds is 5. The third kappa shape index (κ3) is 2.77. The molecule has 0 bridgehead atoms. The van der Waals surface area contributed by atoms with Gasteiger partial charge in [0, 0.05) is 26.1 Å². The number of hydrogen-bond acceptors (Lipinski definition) is 4. The van der Waals surface area contributed by atoms with Crippen molar-refractivity contribution in [1.82, 2.24) is 19.5 Å². The highest BCUT2D eigenvalue weighted by Gasteiger charge is 2.18. The van der Waals surface area contributed by atoms with Gasteiger partial charge in [-0.3, -0.25) is 4.79 Å². The van der Waals surface area contributed by atoms with E-state index >= 15 is 0 Å². The molecule has 0 radical (unpaired) electrons. The van der Waals surface area contributed by atoms with E-state index in [1.165, 1.54) is 0 Å². The molecule has 2 aromatic rings. The number of carbonyl (C=O) groups is 1. The van der Waals surface area contributed by atoms with E-state index in [0.717, 1.165) is 48.5 Å². The summed E-state index contributed by atoms with van der Waals surface area (Å²) in [5.41, 5.74) is 0.810. The average molecular weight is 338 g/mol. The van der Waals surface area contributed by atoms with Crippen LogP contribution < -0.4 is 5.32 Å². The van der Waals surface area contributed by atoms with Gasteiger partial charge in [-0.15, -0.1) is 5.10 Å². The number of imidazole rings is 1. The van der Waals surface area contributed by atoms with Crippen LogP contribution in [0.1, 0.15) is 19.3 Å². The summed E-state index contributed by atoms with van der Waals surface area (Å²) in [6, 6.07) is 3.83. The molecule has 0 unspecified atom stereocenters. The first kappa shape index (κ1) is 13.4. The van der Waals surface area contributed by atoms with E-state index in [9.17, 15) is 4.79 Å². The molecule has 106 valence electrons. The second-order valence-electron chi connectivity index (χ2n) is 4.83. The molecule has 0 atom stereocenters. The van der Waals surface area contributed by atoms with Crippen LogP contribution in [0.2, 0.25) is 0 Å². The lowest BCUT2D eigenvalue weighted by atomic mass is 10.4.